The number of ether oxygens (including phenoxy) is 2. The summed E-state index contributed by atoms with van der Waals surface area (Å²) in [4.78, 5) is 58.3. The van der Waals surface area contributed by atoms with Crippen molar-refractivity contribution in [3.8, 4) is 5.75 Å². The van der Waals surface area contributed by atoms with Crippen molar-refractivity contribution in [1.29, 1.82) is 0 Å². The summed E-state index contributed by atoms with van der Waals surface area (Å²) < 4.78 is 29.4. The average Bonchev–Trinajstić information content (AvgIpc) is 3.33. The summed E-state index contributed by atoms with van der Waals surface area (Å²) in [5.74, 6) is -0.603. The molecule has 0 fully saturated rings. The smallest absolute Gasteiger partial charge is 0.330 e. The highest BCUT2D eigenvalue weighted by atomic mass is 19.1. The topological polar surface area (TPSA) is 137 Å². The molecule has 0 saturated heterocycles. The Kier molecular flexibility index (Phi) is 9.71. The minimum absolute atomic E-state index is 0.0283. The summed E-state index contributed by atoms with van der Waals surface area (Å²) in [5, 5.41) is 2.72. The number of hydrogen-bond acceptors (Lipinski definition) is 7. The molecule has 2 aromatic carbocycles. The van der Waals surface area contributed by atoms with Crippen LogP contribution >= 0.6 is 0 Å². The zero-order valence-corrected chi connectivity index (χ0v) is 25.8. The van der Waals surface area contributed by atoms with Crippen molar-refractivity contribution in [2.45, 2.75) is 73.1 Å². The first kappa shape index (κ1) is 32.2. The molecule has 2 aromatic heterocycles. The Balaban J connectivity index is 1.96. The molecule has 4 rings (SSSR count). The van der Waals surface area contributed by atoms with Crippen molar-refractivity contribution in [3.63, 3.8) is 0 Å². The second-order valence-electron chi connectivity index (χ2n) is 11.7. The number of amides is 1. The number of H-pyrrole nitrogens is 1. The predicted octanol–water partition coefficient (Wildman–Crippen LogP) is 4.71. The minimum atomic E-state index is -1.21. The molecule has 0 bridgehead atoms. The average molecular weight is 608 g/mol. The molecule has 12 heteroatoms. The van der Waals surface area contributed by atoms with E-state index in [9.17, 15) is 19.2 Å². The van der Waals surface area contributed by atoms with E-state index in [4.69, 9.17) is 14.5 Å². The molecular weight excluding hydrogens is 569 g/mol. The van der Waals surface area contributed by atoms with Crippen LogP contribution in [0, 0.1) is 11.2 Å². The number of rotatable bonds is 11. The molecule has 4 aromatic rings. The first-order valence-electron chi connectivity index (χ1n) is 14.5. The number of carbonyl (C=O) groups excluding carboxylic acids is 2. The summed E-state index contributed by atoms with van der Waals surface area (Å²) in [6, 6.07) is 11.3. The normalized spacial score (nSPS) is 12.2. The van der Waals surface area contributed by atoms with Gasteiger partial charge in [0.25, 0.3) is 5.56 Å². The number of unbranched alkanes of at least 4 members (excludes halogenated alkanes) is 1. The molecule has 0 aliphatic carbocycles. The molecule has 0 aliphatic heterocycles. The molecule has 0 spiro atoms. The number of methoxy groups -OCH3 is 1. The lowest BCUT2D eigenvalue weighted by atomic mass is 9.97. The van der Waals surface area contributed by atoms with Gasteiger partial charge in [-0.15, -0.1) is 0 Å². The van der Waals surface area contributed by atoms with Gasteiger partial charge in [-0.2, -0.15) is 0 Å². The second kappa shape index (κ2) is 13.3. The van der Waals surface area contributed by atoms with Crippen molar-refractivity contribution in [3.05, 3.63) is 86.1 Å². The van der Waals surface area contributed by atoms with Gasteiger partial charge in [0, 0.05) is 32.0 Å². The summed E-state index contributed by atoms with van der Waals surface area (Å²) in [7, 11) is 1.46. The van der Waals surface area contributed by atoms with Crippen molar-refractivity contribution < 1.29 is 23.5 Å². The van der Waals surface area contributed by atoms with Gasteiger partial charge in [-0.1, -0.05) is 25.5 Å². The van der Waals surface area contributed by atoms with E-state index >= 15 is 4.39 Å². The first-order chi connectivity index (χ1) is 20.8. The van der Waals surface area contributed by atoms with E-state index in [1.807, 2.05) is 6.92 Å². The largest absolute Gasteiger partial charge is 0.497 e. The Labute approximate surface area is 254 Å². The Morgan fingerprint density at radius 1 is 1.11 bits per heavy atom. The van der Waals surface area contributed by atoms with Crippen molar-refractivity contribution in [2.75, 3.05) is 12.4 Å². The molecule has 44 heavy (non-hydrogen) atoms. The Morgan fingerprint density at radius 3 is 2.43 bits per heavy atom. The van der Waals surface area contributed by atoms with E-state index in [2.05, 4.69) is 10.3 Å². The number of anilines is 1. The molecule has 2 N–H and O–H groups in total. The molecular formula is C32H38FN5O6. The highest BCUT2D eigenvalue weighted by Gasteiger charge is 2.32. The third-order valence-electron chi connectivity index (χ3n) is 7.06. The lowest BCUT2D eigenvalue weighted by Gasteiger charge is -2.26. The number of imidazole rings is 1. The first-order valence-corrected chi connectivity index (χ1v) is 14.5. The van der Waals surface area contributed by atoms with Crippen molar-refractivity contribution in [2.24, 2.45) is 5.41 Å². The highest BCUT2D eigenvalue weighted by molar-refractivity contribution is 5.88. The van der Waals surface area contributed by atoms with Gasteiger partial charge in [-0.05, 0) is 68.7 Å². The number of esters is 1. The Hall–Kier alpha value is -4.74. The summed E-state index contributed by atoms with van der Waals surface area (Å²) >= 11 is 0. The number of hydrogen-bond donors (Lipinski definition) is 2. The van der Waals surface area contributed by atoms with Crippen LogP contribution in [-0.2, 0) is 33.7 Å². The number of aromatic amines is 1. The Morgan fingerprint density at radius 2 is 1.82 bits per heavy atom. The molecule has 0 aliphatic rings. The molecule has 1 amide bonds. The molecule has 2 heterocycles. The Bertz CT molecular complexity index is 1780. The number of aromatic nitrogens is 4. The maximum absolute atomic E-state index is 15.1. The van der Waals surface area contributed by atoms with E-state index in [1.165, 1.54) is 41.4 Å². The summed E-state index contributed by atoms with van der Waals surface area (Å²) in [5.41, 5.74) is -0.501. The summed E-state index contributed by atoms with van der Waals surface area (Å²) in [6.07, 6.45) is 0.257. The lowest BCUT2D eigenvalue weighted by Crippen LogP contribution is -2.33. The monoisotopic (exact) mass is 607 g/mol. The molecule has 0 radical (unpaired) electrons. The van der Waals surface area contributed by atoms with Crippen LogP contribution < -0.4 is 21.3 Å². The quantitative estimate of drug-likeness (QED) is 0.236. The fraction of sp³-hybridized carbons (Fsp3) is 0.406. The van der Waals surface area contributed by atoms with Crippen molar-refractivity contribution >= 4 is 28.7 Å². The van der Waals surface area contributed by atoms with Crippen LogP contribution in [0.15, 0.2) is 52.1 Å². The predicted molar refractivity (Wildman–Crippen MR) is 164 cm³/mol. The van der Waals surface area contributed by atoms with Crippen LogP contribution in [0.1, 0.15) is 70.6 Å². The van der Waals surface area contributed by atoms with Crippen LogP contribution in [0.2, 0.25) is 0 Å². The van der Waals surface area contributed by atoms with Crippen LogP contribution in [-0.4, -0.2) is 38.1 Å². The molecule has 11 nitrogen and oxygen atoms in total. The highest BCUT2D eigenvalue weighted by Crippen LogP contribution is 2.30. The lowest BCUT2D eigenvalue weighted by molar-refractivity contribution is -0.163. The zero-order chi connectivity index (χ0) is 32.2. The van der Waals surface area contributed by atoms with Gasteiger partial charge >= 0.3 is 11.7 Å². The minimum Gasteiger partial charge on any atom is -0.497 e. The number of aryl methyl sites for hydroxylation is 1. The number of fused-ring (bicyclic) bond motifs is 1. The van der Waals surface area contributed by atoms with E-state index in [-0.39, 0.29) is 35.5 Å². The maximum Gasteiger partial charge on any atom is 0.330 e. The summed E-state index contributed by atoms with van der Waals surface area (Å²) in [6.45, 7) is 8.77. The van der Waals surface area contributed by atoms with Gasteiger partial charge in [-0.3, -0.25) is 28.5 Å². The fourth-order valence-corrected chi connectivity index (χ4v) is 4.74. The van der Waals surface area contributed by atoms with E-state index in [1.54, 1.807) is 45.0 Å². The number of benzene rings is 2. The number of carbonyl (C=O) groups is 2. The standard InChI is InChI=1S/C32H38FN5O6/c1-7-8-15-37-28-27(29(40)36-31(37)42)38(25(35-28)16-20-9-11-22(12-10-20)34-19(2)39)26(44-30(41)32(3,4)5)18-21-17-23(43-6)13-14-24(21)33/h9-14,17,26H,7-8,15-16,18H2,1-6H3,(H,34,39)(H,36,40,42). The molecule has 1 atom stereocenters. The van der Waals surface area contributed by atoms with Gasteiger partial charge in [0.2, 0.25) is 5.91 Å². The number of nitrogens with zero attached hydrogens (tertiary/aromatic N) is 3. The van der Waals surface area contributed by atoms with Gasteiger partial charge in [-0.25, -0.2) is 14.2 Å². The van der Waals surface area contributed by atoms with Gasteiger partial charge < -0.3 is 14.8 Å². The fourth-order valence-electron chi connectivity index (χ4n) is 4.74. The van der Waals surface area contributed by atoms with Gasteiger partial charge in [0.1, 0.15) is 17.4 Å². The number of halogens is 1. The third-order valence-corrected chi connectivity index (χ3v) is 7.06. The molecule has 0 saturated carbocycles. The molecule has 1 unspecified atom stereocenters. The van der Waals surface area contributed by atoms with Gasteiger partial charge in [0.15, 0.2) is 17.4 Å². The van der Waals surface area contributed by atoms with Crippen LogP contribution in [0.4, 0.5) is 10.1 Å². The van der Waals surface area contributed by atoms with E-state index in [0.717, 1.165) is 12.0 Å². The third kappa shape index (κ3) is 7.24. The molecule has 234 valence electrons. The van der Waals surface area contributed by atoms with Crippen molar-refractivity contribution in [1.82, 2.24) is 19.1 Å². The van der Waals surface area contributed by atoms with Crippen LogP contribution in [0.3, 0.4) is 0 Å². The van der Waals surface area contributed by atoms with Gasteiger partial charge in [0.05, 0.1) is 12.5 Å². The van der Waals surface area contributed by atoms with E-state index < -0.39 is 34.7 Å². The van der Waals surface area contributed by atoms with Crippen LogP contribution in [0.25, 0.3) is 11.2 Å². The maximum atomic E-state index is 15.1. The SMILES string of the molecule is CCCCn1c(=O)[nH]c(=O)c2c1nc(Cc1ccc(NC(C)=O)cc1)n2C(Cc1cc(OC)ccc1F)OC(=O)C(C)(C)C. The second-order valence-corrected chi connectivity index (χ2v) is 11.7. The number of nitrogens with one attached hydrogen (secondary N) is 2. The van der Waals surface area contributed by atoms with Crippen LogP contribution in [0.5, 0.6) is 5.75 Å². The van der Waals surface area contributed by atoms with E-state index in [0.29, 0.717) is 30.2 Å². The zero-order valence-electron chi connectivity index (χ0n) is 25.8.